The molecule has 3 heteroatoms. The molecule has 3 nitrogen and oxygen atoms in total. The first kappa shape index (κ1) is 12.9. The lowest BCUT2D eigenvalue weighted by atomic mass is 9.91. The fourth-order valence-electron chi connectivity index (χ4n) is 1.99. The summed E-state index contributed by atoms with van der Waals surface area (Å²) in [6.07, 6.45) is 2.06. The first-order valence-corrected chi connectivity index (χ1v) is 6.44. The van der Waals surface area contributed by atoms with Gasteiger partial charge in [-0.15, -0.1) is 0 Å². The van der Waals surface area contributed by atoms with Crippen molar-refractivity contribution in [3.63, 3.8) is 0 Å². The Morgan fingerprint density at radius 1 is 1.06 bits per heavy atom. The number of nitrogens with zero attached hydrogens (tertiary/aromatic N) is 2. The van der Waals surface area contributed by atoms with Crippen LogP contribution >= 0.6 is 0 Å². The Kier molecular flexibility index (Phi) is 2.88. The van der Waals surface area contributed by atoms with E-state index in [2.05, 4.69) is 57.5 Å². The molecule has 0 saturated carbocycles. The molecule has 0 unspecified atom stereocenters. The highest BCUT2D eigenvalue weighted by Crippen LogP contribution is 2.31. The van der Waals surface area contributed by atoms with Crippen molar-refractivity contribution >= 4 is 11.5 Å². The summed E-state index contributed by atoms with van der Waals surface area (Å²) in [6, 6.07) is 6.10. The average Bonchev–Trinajstić information content (AvgIpc) is 2.55. The second-order valence-electron chi connectivity index (χ2n) is 6.86. The molecule has 0 aliphatic carbocycles. The van der Waals surface area contributed by atoms with Crippen LogP contribution in [0.1, 0.15) is 47.2 Å². The van der Waals surface area contributed by atoms with Gasteiger partial charge in [0.25, 0.3) is 0 Å². The van der Waals surface area contributed by atoms with Crippen LogP contribution in [-0.4, -0.2) is 14.9 Å². The zero-order valence-electron chi connectivity index (χ0n) is 12.2. The Balaban J connectivity index is 2.66. The van der Waals surface area contributed by atoms with Gasteiger partial charge in [0.1, 0.15) is 11.5 Å². The number of nitrogens with one attached hydrogen (secondary N) is 1. The maximum atomic E-state index is 4.77. The molecule has 0 aliphatic heterocycles. The number of aromatic nitrogens is 2. The quantitative estimate of drug-likeness (QED) is 0.827. The maximum Gasteiger partial charge on any atom is 0.138 e. The van der Waals surface area contributed by atoms with Crippen molar-refractivity contribution in [2.45, 2.75) is 52.5 Å². The van der Waals surface area contributed by atoms with Crippen molar-refractivity contribution in [3.8, 4) is 0 Å². The first-order valence-electron chi connectivity index (χ1n) is 6.44. The van der Waals surface area contributed by atoms with Crippen LogP contribution in [-0.2, 0) is 5.41 Å². The van der Waals surface area contributed by atoms with E-state index in [4.69, 9.17) is 4.98 Å². The molecular weight excluding hydrogens is 222 g/mol. The van der Waals surface area contributed by atoms with E-state index in [0.717, 1.165) is 17.2 Å². The van der Waals surface area contributed by atoms with E-state index >= 15 is 0 Å². The van der Waals surface area contributed by atoms with Crippen molar-refractivity contribution in [1.82, 2.24) is 9.38 Å². The topological polar surface area (TPSA) is 29.3 Å². The molecular formula is C15H23N3. The molecule has 0 aliphatic rings. The van der Waals surface area contributed by atoms with Gasteiger partial charge in [0, 0.05) is 17.2 Å². The summed E-state index contributed by atoms with van der Waals surface area (Å²) in [5.41, 5.74) is 2.16. The minimum Gasteiger partial charge on any atom is -0.365 e. The normalized spacial score (nSPS) is 13.0. The standard InChI is InChI=1S/C15H23N3/c1-14(2,3)12-13(17-15(4,5)6)18-10-8-7-9-11(18)16-12/h7-10,17H,1-6H3. The molecule has 2 aromatic heterocycles. The highest BCUT2D eigenvalue weighted by atomic mass is 15.2. The second kappa shape index (κ2) is 4.01. The predicted molar refractivity (Wildman–Crippen MR) is 77.3 cm³/mol. The lowest BCUT2D eigenvalue weighted by molar-refractivity contribution is 0.566. The summed E-state index contributed by atoms with van der Waals surface area (Å²) < 4.78 is 2.13. The smallest absolute Gasteiger partial charge is 0.138 e. The van der Waals surface area contributed by atoms with Crippen LogP contribution in [0.2, 0.25) is 0 Å². The van der Waals surface area contributed by atoms with Gasteiger partial charge in [-0.25, -0.2) is 4.98 Å². The largest absolute Gasteiger partial charge is 0.365 e. The van der Waals surface area contributed by atoms with E-state index in [1.54, 1.807) is 0 Å². The van der Waals surface area contributed by atoms with Crippen LogP contribution in [0.3, 0.4) is 0 Å². The molecule has 2 aromatic rings. The number of imidazole rings is 1. The van der Waals surface area contributed by atoms with Gasteiger partial charge in [-0.2, -0.15) is 0 Å². The highest BCUT2D eigenvalue weighted by molar-refractivity contribution is 5.58. The molecule has 2 heterocycles. The van der Waals surface area contributed by atoms with Crippen molar-refractivity contribution in [1.29, 1.82) is 0 Å². The molecule has 0 fully saturated rings. The molecule has 0 amide bonds. The fourth-order valence-corrected chi connectivity index (χ4v) is 1.99. The van der Waals surface area contributed by atoms with Crippen LogP contribution in [0.25, 0.3) is 5.65 Å². The zero-order valence-corrected chi connectivity index (χ0v) is 12.2. The minimum atomic E-state index is 0.0196. The second-order valence-corrected chi connectivity index (χ2v) is 6.86. The van der Waals surface area contributed by atoms with Gasteiger partial charge in [0.2, 0.25) is 0 Å². The lowest BCUT2D eigenvalue weighted by Crippen LogP contribution is -2.29. The Hall–Kier alpha value is -1.51. The Labute approximate surface area is 109 Å². The third kappa shape index (κ3) is 2.50. The summed E-state index contributed by atoms with van der Waals surface area (Å²) in [4.78, 5) is 4.77. The Bertz CT molecular complexity index is 553. The first-order chi connectivity index (χ1) is 8.18. The summed E-state index contributed by atoms with van der Waals surface area (Å²) in [5, 5.41) is 3.58. The summed E-state index contributed by atoms with van der Waals surface area (Å²) in [5.74, 6) is 1.10. The van der Waals surface area contributed by atoms with Gasteiger partial charge in [-0.3, -0.25) is 4.40 Å². The van der Waals surface area contributed by atoms with Crippen molar-refractivity contribution < 1.29 is 0 Å². The van der Waals surface area contributed by atoms with Gasteiger partial charge >= 0.3 is 0 Å². The fraction of sp³-hybridized carbons (Fsp3) is 0.533. The number of pyridine rings is 1. The van der Waals surface area contributed by atoms with E-state index < -0.39 is 0 Å². The van der Waals surface area contributed by atoms with Crippen LogP contribution in [0, 0.1) is 0 Å². The van der Waals surface area contributed by atoms with Crippen molar-refractivity contribution in [2.24, 2.45) is 0 Å². The molecule has 1 N–H and O–H groups in total. The van der Waals surface area contributed by atoms with E-state index in [-0.39, 0.29) is 11.0 Å². The van der Waals surface area contributed by atoms with Gasteiger partial charge in [0.05, 0.1) is 5.69 Å². The minimum absolute atomic E-state index is 0.0196. The Morgan fingerprint density at radius 2 is 1.72 bits per heavy atom. The number of hydrogen-bond donors (Lipinski definition) is 1. The highest BCUT2D eigenvalue weighted by Gasteiger charge is 2.25. The van der Waals surface area contributed by atoms with E-state index in [9.17, 15) is 0 Å². The SMILES string of the molecule is CC(C)(C)Nc1c(C(C)(C)C)nc2ccccn12. The third-order valence-corrected chi connectivity index (χ3v) is 2.73. The summed E-state index contributed by atoms with van der Waals surface area (Å²) in [6.45, 7) is 13.1. The zero-order chi connectivity index (χ0) is 13.6. The monoisotopic (exact) mass is 245 g/mol. The number of anilines is 1. The van der Waals surface area contributed by atoms with Gasteiger partial charge in [0.15, 0.2) is 0 Å². The molecule has 0 atom stereocenters. The van der Waals surface area contributed by atoms with Gasteiger partial charge in [-0.05, 0) is 32.9 Å². The molecule has 0 spiro atoms. The van der Waals surface area contributed by atoms with Crippen LogP contribution in [0.15, 0.2) is 24.4 Å². The Morgan fingerprint density at radius 3 is 2.28 bits per heavy atom. The summed E-state index contributed by atoms with van der Waals surface area (Å²) in [7, 11) is 0. The third-order valence-electron chi connectivity index (χ3n) is 2.73. The molecule has 0 bridgehead atoms. The molecule has 98 valence electrons. The average molecular weight is 245 g/mol. The van der Waals surface area contributed by atoms with Crippen molar-refractivity contribution in [2.75, 3.05) is 5.32 Å². The van der Waals surface area contributed by atoms with Crippen molar-refractivity contribution in [3.05, 3.63) is 30.1 Å². The summed E-state index contributed by atoms with van der Waals surface area (Å²) >= 11 is 0. The number of hydrogen-bond acceptors (Lipinski definition) is 2. The predicted octanol–water partition coefficient (Wildman–Crippen LogP) is 3.84. The van der Waals surface area contributed by atoms with E-state index in [1.165, 1.54) is 0 Å². The van der Waals surface area contributed by atoms with Crippen LogP contribution < -0.4 is 5.32 Å². The number of rotatable bonds is 1. The van der Waals surface area contributed by atoms with Crippen LogP contribution in [0.5, 0.6) is 0 Å². The maximum absolute atomic E-state index is 4.77. The molecule has 2 rings (SSSR count). The van der Waals surface area contributed by atoms with E-state index in [0.29, 0.717) is 0 Å². The lowest BCUT2D eigenvalue weighted by Gasteiger charge is -2.25. The van der Waals surface area contributed by atoms with E-state index in [1.807, 2.05) is 18.2 Å². The molecule has 18 heavy (non-hydrogen) atoms. The van der Waals surface area contributed by atoms with Gasteiger partial charge in [-0.1, -0.05) is 26.8 Å². The number of fused-ring (bicyclic) bond motifs is 1. The van der Waals surface area contributed by atoms with Crippen LogP contribution in [0.4, 0.5) is 5.82 Å². The molecule has 0 saturated heterocycles. The van der Waals surface area contributed by atoms with Gasteiger partial charge < -0.3 is 5.32 Å². The molecule has 0 aromatic carbocycles. The molecule has 0 radical (unpaired) electrons.